The minimum absolute atomic E-state index is 0.0924. The van der Waals surface area contributed by atoms with Crippen molar-refractivity contribution in [2.24, 2.45) is 5.92 Å². The second-order valence-electron chi connectivity index (χ2n) is 5.59. The lowest BCUT2D eigenvalue weighted by Crippen LogP contribution is -2.45. The van der Waals surface area contributed by atoms with E-state index >= 15 is 0 Å². The fraction of sp³-hybridized carbons (Fsp3) is 0.786. The van der Waals surface area contributed by atoms with Gasteiger partial charge in [-0.2, -0.15) is 0 Å². The highest BCUT2D eigenvalue weighted by Crippen LogP contribution is 2.15. The van der Waals surface area contributed by atoms with Crippen LogP contribution in [0.3, 0.4) is 0 Å². The summed E-state index contributed by atoms with van der Waals surface area (Å²) in [4.78, 5) is 35.1. The fourth-order valence-corrected chi connectivity index (χ4v) is 1.69. The molecule has 0 aromatic carbocycles. The summed E-state index contributed by atoms with van der Waals surface area (Å²) in [7, 11) is 2.49. The maximum atomic E-state index is 11.7. The van der Waals surface area contributed by atoms with Gasteiger partial charge < -0.3 is 19.5 Å². The van der Waals surface area contributed by atoms with E-state index in [0.29, 0.717) is 6.42 Å². The first-order valence-corrected chi connectivity index (χ1v) is 6.79. The van der Waals surface area contributed by atoms with Crippen LogP contribution in [-0.2, 0) is 23.8 Å². The molecule has 0 aromatic heterocycles. The van der Waals surface area contributed by atoms with Gasteiger partial charge in [-0.3, -0.25) is 4.79 Å². The highest BCUT2D eigenvalue weighted by atomic mass is 16.6. The van der Waals surface area contributed by atoms with Crippen molar-refractivity contribution < 1.29 is 28.6 Å². The van der Waals surface area contributed by atoms with Crippen molar-refractivity contribution in [3.8, 4) is 0 Å². The van der Waals surface area contributed by atoms with Crippen molar-refractivity contribution in [2.45, 2.75) is 52.2 Å². The third-order valence-electron chi connectivity index (χ3n) is 2.72. The SMILES string of the molecule is CC[C@@H](C[C@H](NC(=O)OC(C)(C)C)C(=O)OC)C(=O)OC. The quantitative estimate of drug-likeness (QED) is 0.592. The standard InChI is InChI=1S/C14H25NO6/c1-7-9(11(16)19-5)8-10(12(17)20-6)15-13(18)21-14(2,3)4/h9-10H,7-8H2,1-6H3,(H,15,18)/t9-,10-/m0/s1. The van der Waals surface area contributed by atoms with E-state index in [9.17, 15) is 14.4 Å². The Labute approximate surface area is 125 Å². The van der Waals surface area contributed by atoms with Gasteiger partial charge in [0.2, 0.25) is 0 Å². The maximum absolute atomic E-state index is 11.7. The number of rotatable bonds is 6. The Kier molecular flexibility index (Phi) is 7.76. The Bertz CT molecular complexity index is 374. The lowest BCUT2D eigenvalue weighted by atomic mass is 9.97. The van der Waals surface area contributed by atoms with Gasteiger partial charge in [-0.25, -0.2) is 9.59 Å². The zero-order valence-corrected chi connectivity index (χ0v) is 13.5. The molecule has 0 aliphatic rings. The molecule has 7 nitrogen and oxygen atoms in total. The van der Waals surface area contributed by atoms with E-state index in [0.717, 1.165) is 0 Å². The van der Waals surface area contributed by atoms with Crippen LogP contribution in [0.4, 0.5) is 4.79 Å². The monoisotopic (exact) mass is 303 g/mol. The summed E-state index contributed by atoms with van der Waals surface area (Å²) in [5, 5.41) is 2.42. The molecule has 0 heterocycles. The van der Waals surface area contributed by atoms with Gasteiger partial charge in [0.15, 0.2) is 0 Å². The number of carbonyl (C=O) groups is 3. The van der Waals surface area contributed by atoms with Crippen LogP contribution in [0.5, 0.6) is 0 Å². The molecule has 0 unspecified atom stereocenters. The number of esters is 2. The topological polar surface area (TPSA) is 90.9 Å². The molecule has 21 heavy (non-hydrogen) atoms. The lowest BCUT2D eigenvalue weighted by molar-refractivity contribution is -0.148. The van der Waals surface area contributed by atoms with E-state index in [2.05, 4.69) is 14.8 Å². The average Bonchev–Trinajstić information content (AvgIpc) is 2.39. The van der Waals surface area contributed by atoms with Gasteiger partial charge in [0, 0.05) is 0 Å². The van der Waals surface area contributed by atoms with Crippen molar-refractivity contribution >= 4 is 18.0 Å². The predicted octanol–water partition coefficient (Wildman–Crippen LogP) is 1.64. The molecule has 0 aliphatic carbocycles. The molecular weight excluding hydrogens is 278 g/mol. The van der Waals surface area contributed by atoms with E-state index < -0.39 is 35.6 Å². The van der Waals surface area contributed by atoms with Crippen LogP contribution in [0.2, 0.25) is 0 Å². The Morgan fingerprint density at radius 2 is 1.57 bits per heavy atom. The predicted molar refractivity (Wildman–Crippen MR) is 75.6 cm³/mol. The highest BCUT2D eigenvalue weighted by molar-refractivity contribution is 5.82. The number of amides is 1. The van der Waals surface area contributed by atoms with E-state index in [-0.39, 0.29) is 6.42 Å². The molecule has 0 aromatic rings. The second-order valence-corrected chi connectivity index (χ2v) is 5.59. The van der Waals surface area contributed by atoms with Crippen LogP contribution in [0.15, 0.2) is 0 Å². The third kappa shape index (κ3) is 7.53. The van der Waals surface area contributed by atoms with Gasteiger partial charge in [-0.05, 0) is 33.6 Å². The molecule has 1 amide bonds. The zero-order chi connectivity index (χ0) is 16.6. The maximum Gasteiger partial charge on any atom is 0.408 e. The van der Waals surface area contributed by atoms with E-state index in [1.165, 1.54) is 14.2 Å². The first-order chi connectivity index (χ1) is 9.64. The Hall–Kier alpha value is -1.79. The Morgan fingerprint density at radius 1 is 1.05 bits per heavy atom. The summed E-state index contributed by atoms with van der Waals surface area (Å²) in [6.45, 7) is 6.93. The molecule has 122 valence electrons. The minimum Gasteiger partial charge on any atom is -0.469 e. The molecule has 0 radical (unpaired) electrons. The van der Waals surface area contributed by atoms with Crippen LogP contribution in [0, 0.1) is 5.92 Å². The van der Waals surface area contributed by atoms with Crippen LogP contribution in [0.25, 0.3) is 0 Å². The Balaban J connectivity index is 4.85. The third-order valence-corrected chi connectivity index (χ3v) is 2.72. The van der Waals surface area contributed by atoms with E-state index in [1.807, 2.05) is 0 Å². The van der Waals surface area contributed by atoms with Crippen LogP contribution >= 0.6 is 0 Å². The average molecular weight is 303 g/mol. The molecule has 0 aliphatic heterocycles. The summed E-state index contributed by atoms with van der Waals surface area (Å²) in [5.74, 6) is -1.57. The van der Waals surface area contributed by atoms with Crippen LogP contribution in [0.1, 0.15) is 40.5 Å². The van der Waals surface area contributed by atoms with Gasteiger partial charge in [0.05, 0.1) is 20.1 Å². The van der Waals surface area contributed by atoms with Crippen LogP contribution in [-0.4, -0.2) is 43.9 Å². The molecule has 0 saturated carbocycles. The van der Waals surface area contributed by atoms with Gasteiger partial charge in [-0.15, -0.1) is 0 Å². The van der Waals surface area contributed by atoms with Crippen molar-refractivity contribution in [1.29, 1.82) is 0 Å². The summed E-state index contributed by atoms with van der Waals surface area (Å²) in [6.07, 6.45) is -0.164. The first kappa shape index (κ1) is 19.2. The second kappa shape index (κ2) is 8.49. The van der Waals surface area contributed by atoms with E-state index in [1.54, 1.807) is 27.7 Å². The number of hydrogen-bond donors (Lipinski definition) is 1. The summed E-state index contributed by atoms with van der Waals surface area (Å²) in [5.41, 5.74) is -0.683. The molecule has 0 bridgehead atoms. The molecule has 7 heteroatoms. The Morgan fingerprint density at radius 3 is 1.95 bits per heavy atom. The minimum atomic E-state index is -0.964. The zero-order valence-electron chi connectivity index (χ0n) is 13.5. The van der Waals surface area contributed by atoms with Gasteiger partial charge in [0.25, 0.3) is 0 Å². The summed E-state index contributed by atoms with van der Waals surface area (Å²) < 4.78 is 14.4. The summed E-state index contributed by atoms with van der Waals surface area (Å²) in [6, 6.07) is -0.964. The highest BCUT2D eigenvalue weighted by Gasteiger charge is 2.30. The summed E-state index contributed by atoms with van der Waals surface area (Å²) >= 11 is 0. The molecule has 1 N–H and O–H groups in total. The van der Waals surface area contributed by atoms with Crippen molar-refractivity contribution in [3.05, 3.63) is 0 Å². The molecule has 2 atom stereocenters. The number of carbonyl (C=O) groups excluding carboxylic acids is 3. The molecular formula is C14H25NO6. The van der Waals surface area contributed by atoms with Crippen molar-refractivity contribution in [1.82, 2.24) is 5.32 Å². The van der Waals surface area contributed by atoms with Crippen molar-refractivity contribution in [2.75, 3.05) is 14.2 Å². The number of nitrogens with one attached hydrogen (secondary N) is 1. The number of methoxy groups -OCH3 is 2. The number of hydrogen-bond acceptors (Lipinski definition) is 6. The van der Waals surface area contributed by atoms with Gasteiger partial charge in [-0.1, -0.05) is 6.92 Å². The van der Waals surface area contributed by atoms with Crippen molar-refractivity contribution in [3.63, 3.8) is 0 Å². The van der Waals surface area contributed by atoms with Gasteiger partial charge in [0.1, 0.15) is 11.6 Å². The van der Waals surface area contributed by atoms with Crippen LogP contribution < -0.4 is 5.32 Å². The smallest absolute Gasteiger partial charge is 0.408 e. The molecule has 0 saturated heterocycles. The molecule has 0 spiro atoms. The first-order valence-electron chi connectivity index (χ1n) is 6.79. The largest absolute Gasteiger partial charge is 0.469 e. The normalized spacial score (nSPS) is 13.8. The number of ether oxygens (including phenoxy) is 3. The molecule has 0 rings (SSSR count). The fourth-order valence-electron chi connectivity index (χ4n) is 1.69. The van der Waals surface area contributed by atoms with E-state index in [4.69, 9.17) is 4.74 Å². The molecule has 0 fully saturated rings. The van der Waals surface area contributed by atoms with Gasteiger partial charge >= 0.3 is 18.0 Å². The lowest BCUT2D eigenvalue weighted by Gasteiger charge is -2.24. The number of alkyl carbamates (subject to hydrolysis) is 1.